The minimum absolute atomic E-state index is 0.0279. The fraction of sp³-hybridized carbons (Fsp3) is 0.474. The average Bonchev–Trinajstić information content (AvgIpc) is 2.75. The second kappa shape index (κ2) is 9.43. The smallest absolute Gasteiger partial charge is 0.329 e. The van der Waals surface area contributed by atoms with Gasteiger partial charge in [0.15, 0.2) is 0 Å². The summed E-state index contributed by atoms with van der Waals surface area (Å²) >= 11 is 0. The fourth-order valence-corrected chi connectivity index (χ4v) is 4.08. The quantitative estimate of drug-likeness (QED) is 0.407. The largest absolute Gasteiger partial charge is 0.393 e. The van der Waals surface area contributed by atoms with Crippen molar-refractivity contribution in [3.8, 4) is 0 Å². The highest BCUT2D eigenvalue weighted by Gasteiger charge is 2.28. The zero-order valence-electron chi connectivity index (χ0n) is 17.4. The van der Waals surface area contributed by atoms with E-state index in [0.29, 0.717) is 24.2 Å². The topological polar surface area (TPSA) is 151 Å². The Kier molecular flexibility index (Phi) is 6.91. The van der Waals surface area contributed by atoms with Crippen molar-refractivity contribution >= 4 is 38.9 Å². The summed E-state index contributed by atoms with van der Waals surface area (Å²) in [5, 5.41) is 24.2. The lowest BCUT2D eigenvalue weighted by atomic mass is 9.92. The lowest BCUT2D eigenvalue weighted by Gasteiger charge is -2.33. The van der Waals surface area contributed by atoms with Crippen LogP contribution in [0.3, 0.4) is 0 Å². The summed E-state index contributed by atoms with van der Waals surface area (Å²) in [5.41, 5.74) is 0.836. The molecule has 2 aromatic rings. The van der Waals surface area contributed by atoms with E-state index in [1.807, 2.05) is 0 Å². The van der Waals surface area contributed by atoms with Crippen LogP contribution >= 0.6 is 0 Å². The number of nitrogens with zero attached hydrogens (tertiary/aromatic N) is 4. The molecular formula is C19H26N6O5S. The van der Waals surface area contributed by atoms with Crippen molar-refractivity contribution in [1.29, 1.82) is 0 Å². The molecule has 12 heteroatoms. The number of benzene rings is 1. The average molecular weight is 451 g/mol. The molecule has 0 spiro atoms. The van der Waals surface area contributed by atoms with Crippen LogP contribution in [0.2, 0.25) is 0 Å². The third kappa shape index (κ3) is 5.79. The molecule has 1 aliphatic rings. The van der Waals surface area contributed by atoms with Gasteiger partial charge in [-0.2, -0.15) is 4.98 Å². The molecule has 0 atom stereocenters. The Labute approximate surface area is 180 Å². The van der Waals surface area contributed by atoms with E-state index in [1.54, 1.807) is 43.1 Å². The monoisotopic (exact) mass is 450 g/mol. The highest BCUT2D eigenvalue weighted by atomic mass is 32.2. The molecule has 1 aromatic heterocycles. The normalized spacial score (nSPS) is 18.9. The van der Waals surface area contributed by atoms with Gasteiger partial charge in [-0.05, 0) is 56.9 Å². The van der Waals surface area contributed by atoms with E-state index >= 15 is 0 Å². The van der Waals surface area contributed by atoms with Gasteiger partial charge in [0.1, 0.15) is 6.20 Å². The van der Waals surface area contributed by atoms with Crippen LogP contribution in [-0.4, -0.2) is 53.4 Å². The maximum absolute atomic E-state index is 11.7. The number of aliphatic hydroxyl groups excluding tert-OH is 1. The molecule has 31 heavy (non-hydrogen) atoms. The molecule has 0 amide bonds. The Morgan fingerprint density at radius 1 is 1.19 bits per heavy atom. The third-order valence-electron chi connectivity index (χ3n) is 5.29. The first kappa shape index (κ1) is 22.7. The summed E-state index contributed by atoms with van der Waals surface area (Å²) < 4.78 is 25.8. The summed E-state index contributed by atoms with van der Waals surface area (Å²) in [6.07, 6.45) is 3.57. The number of rotatable bonds is 8. The van der Waals surface area contributed by atoms with Crippen LogP contribution in [0.5, 0.6) is 0 Å². The first-order valence-corrected chi connectivity index (χ1v) is 11.6. The Balaban J connectivity index is 1.79. The van der Waals surface area contributed by atoms with E-state index in [2.05, 4.69) is 20.0 Å². The number of aromatic nitrogens is 2. The molecule has 11 nitrogen and oxygen atoms in total. The van der Waals surface area contributed by atoms with Crippen molar-refractivity contribution < 1.29 is 18.4 Å². The number of sulfonamides is 1. The van der Waals surface area contributed by atoms with Crippen LogP contribution < -0.4 is 14.9 Å². The first-order valence-electron chi connectivity index (χ1n) is 9.98. The van der Waals surface area contributed by atoms with Crippen LogP contribution in [0.15, 0.2) is 30.5 Å². The van der Waals surface area contributed by atoms with Gasteiger partial charge in [-0.3, -0.25) is 14.8 Å². The van der Waals surface area contributed by atoms with Gasteiger partial charge in [-0.1, -0.05) is 0 Å². The Bertz CT molecular complexity index is 1020. The van der Waals surface area contributed by atoms with E-state index < -0.39 is 14.9 Å². The van der Waals surface area contributed by atoms with E-state index in [0.717, 1.165) is 12.8 Å². The minimum atomic E-state index is -3.37. The van der Waals surface area contributed by atoms with E-state index in [-0.39, 0.29) is 35.4 Å². The van der Waals surface area contributed by atoms with Crippen molar-refractivity contribution in [3.63, 3.8) is 0 Å². The van der Waals surface area contributed by atoms with Gasteiger partial charge in [0.05, 0.1) is 16.8 Å². The Morgan fingerprint density at radius 3 is 2.39 bits per heavy atom. The molecule has 168 valence electrons. The van der Waals surface area contributed by atoms with Crippen molar-refractivity contribution in [3.05, 3.63) is 40.6 Å². The van der Waals surface area contributed by atoms with Gasteiger partial charge in [0.2, 0.25) is 21.8 Å². The molecule has 0 unspecified atom stereocenters. The second-order valence-electron chi connectivity index (χ2n) is 7.44. The predicted molar refractivity (Wildman–Crippen MR) is 118 cm³/mol. The van der Waals surface area contributed by atoms with Crippen molar-refractivity contribution in [2.75, 3.05) is 27.7 Å². The first-order chi connectivity index (χ1) is 14.7. The molecule has 0 bridgehead atoms. The lowest BCUT2D eigenvalue weighted by Crippen LogP contribution is -2.37. The Morgan fingerprint density at radius 2 is 1.81 bits per heavy atom. The highest BCUT2D eigenvalue weighted by molar-refractivity contribution is 7.92. The van der Waals surface area contributed by atoms with Crippen LogP contribution in [0.1, 0.15) is 32.6 Å². The number of hydrogen-bond acceptors (Lipinski definition) is 9. The molecule has 1 aliphatic carbocycles. The molecule has 3 N–H and O–H groups in total. The molecule has 0 aliphatic heterocycles. The fourth-order valence-electron chi connectivity index (χ4n) is 3.44. The number of anilines is 4. The molecule has 1 aromatic carbocycles. The summed E-state index contributed by atoms with van der Waals surface area (Å²) in [7, 11) is -1.61. The predicted octanol–water partition coefficient (Wildman–Crippen LogP) is 2.63. The summed E-state index contributed by atoms with van der Waals surface area (Å²) in [4.78, 5) is 21.2. The number of nitro groups is 1. The highest BCUT2D eigenvalue weighted by Crippen LogP contribution is 2.32. The van der Waals surface area contributed by atoms with Gasteiger partial charge >= 0.3 is 5.69 Å². The number of aliphatic hydroxyl groups is 1. The number of hydrogen-bond donors (Lipinski definition) is 3. The molecule has 1 heterocycles. The van der Waals surface area contributed by atoms with Crippen molar-refractivity contribution in [2.24, 2.45) is 0 Å². The van der Waals surface area contributed by atoms with Gasteiger partial charge in [0.25, 0.3) is 0 Å². The maximum atomic E-state index is 11.7. The second-order valence-corrected chi connectivity index (χ2v) is 9.45. The third-order valence-corrected chi connectivity index (χ3v) is 6.60. The number of nitrogens with one attached hydrogen (secondary N) is 2. The van der Waals surface area contributed by atoms with Gasteiger partial charge in [-0.25, -0.2) is 13.4 Å². The Hall–Kier alpha value is -2.99. The van der Waals surface area contributed by atoms with Gasteiger partial charge in [-0.15, -0.1) is 0 Å². The van der Waals surface area contributed by atoms with Gasteiger partial charge < -0.3 is 15.3 Å². The summed E-state index contributed by atoms with van der Waals surface area (Å²) in [6.45, 7) is 1.55. The summed E-state index contributed by atoms with van der Waals surface area (Å²) in [6, 6.07) is 6.55. The minimum Gasteiger partial charge on any atom is -0.393 e. The zero-order valence-corrected chi connectivity index (χ0v) is 18.2. The zero-order chi connectivity index (χ0) is 22.6. The van der Waals surface area contributed by atoms with E-state index in [4.69, 9.17) is 0 Å². The maximum Gasteiger partial charge on any atom is 0.329 e. The van der Waals surface area contributed by atoms with Crippen LogP contribution in [0.4, 0.5) is 28.8 Å². The van der Waals surface area contributed by atoms with Crippen LogP contribution in [0.25, 0.3) is 0 Å². The van der Waals surface area contributed by atoms with Gasteiger partial charge in [0, 0.05) is 24.5 Å². The SMILES string of the molecule is CCS(=O)(=O)Nc1ccc(Nc2ncc([N+](=O)[O-])c(N(C)C3CCC(O)CC3)n2)cc1. The molecule has 0 saturated heterocycles. The molecular weight excluding hydrogens is 424 g/mol. The summed E-state index contributed by atoms with van der Waals surface area (Å²) in [5.74, 6) is 0.362. The molecule has 1 fully saturated rings. The molecule has 3 rings (SSSR count). The van der Waals surface area contributed by atoms with Crippen LogP contribution in [0, 0.1) is 10.1 Å². The van der Waals surface area contributed by atoms with E-state index in [9.17, 15) is 23.6 Å². The lowest BCUT2D eigenvalue weighted by molar-refractivity contribution is -0.384. The van der Waals surface area contributed by atoms with Crippen molar-refractivity contribution in [1.82, 2.24) is 9.97 Å². The standard InChI is InChI=1S/C19H26N6O5S/c1-3-31(29,30)23-14-6-4-13(5-7-14)21-19-20-12-17(25(27)28)18(22-19)24(2)15-8-10-16(26)11-9-15/h4-7,12,15-16,23,26H,3,8-11H2,1-2H3,(H,20,21,22). The molecule has 1 saturated carbocycles. The molecule has 0 radical (unpaired) electrons. The van der Waals surface area contributed by atoms with E-state index in [1.165, 1.54) is 6.20 Å². The van der Waals surface area contributed by atoms with Crippen LogP contribution in [-0.2, 0) is 10.0 Å². The van der Waals surface area contributed by atoms with Crippen molar-refractivity contribution in [2.45, 2.75) is 44.8 Å².